The van der Waals surface area contributed by atoms with Gasteiger partial charge in [-0.25, -0.2) is 0 Å². The number of nitrogen functional groups attached to an aromatic ring is 1. The van der Waals surface area contributed by atoms with Crippen LogP contribution in [0.2, 0.25) is 0 Å². The molecule has 0 atom stereocenters. The molecular formula is C14H23NO2. The van der Waals surface area contributed by atoms with E-state index >= 15 is 0 Å². The largest absolute Gasteiger partial charge is 0.493 e. The van der Waals surface area contributed by atoms with Crippen LogP contribution in [0.25, 0.3) is 0 Å². The first-order valence-corrected chi connectivity index (χ1v) is 5.90. The van der Waals surface area contributed by atoms with Gasteiger partial charge in [-0.1, -0.05) is 0 Å². The van der Waals surface area contributed by atoms with Gasteiger partial charge in [0, 0.05) is 19.2 Å². The number of hydrogen-bond acceptors (Lipinski definition) is 3. The highest BCUT2D eigenvalue weighted by molar-refractivity contribution is 5.53. The first-order chi connectivity index (χ1) is 7.85. The fraction of sp³-hybridized carbons (Fsp3) is 0.571. The minimum atomic E-state index is -0.142. The van der Waals surface area contributed by atoms with E-state index in [4.69, 9.17) is 15.2 Å². The molecule has 0 fully saturated rings. The van der Waals surface area contributed by atoms with Gasteiger partial charge in [-0.3, -0.25) is 0 Å². The average molecular weight is 237 g/mol. The maximum absolute atomic E-state index is 5.83. The first kappa shape index (κ1) is 13.8. The van der Waals surface area contributed by atoms with Crippen molar-refractivity contribution in [2.24, 2.45) is 0 Å². The van der Waals surface area contributed by atoms with Crippen molar-refractivity contribution in [1.29, 1.82) is 0 Å². The monoisotopic (exact) mass is 237 g/mol. The van der Waals surface area contributed by atoms with E-state index in [1.165, 1.54) is 0 Å². The molecule has 0 aromatic heterocycles. The molecule has 0 saturated heterocycles. The lowest BCUT2D eigenvalue weighted by molar-refractivity contribution is 0.00540. The van der Waals surface area contributed by atoms with Crippen molar-refractivity contribution < 1.29 is 9.47 Å². The van der Waals surface area contributed by atoms with Gasteiger partial charge in [0.25, 0.3) is 0 Å². The van der Waals surface area contributed by atoms with Crippen molar-refractivity contribution in [3.8, 4) is 5.75 Å². The molecule has 96 valence electrons. The number of benzene rings is 1. The zero-order valence-corrected chi connectivity index (χ0v) is 11.5. The van der Waals surface area contributed by atoms with Crippen LogP contribution in [-0.2, 0) is 4.74 Å². The van der Waals surface area contributed by atoms with Crippen LogP contribution in [0.1, 0.15) is 31.4 Å². The van der Waals surface area contributed by atoms with Gasteiger partial charge in [-0.05, 0) is 51.0 Å². The molecule has 2 N–H and O–H groups in total. The van der Waals surface area contributed by atoms with E-state index in [0.29, 0.717) is 6.61 Å². The number of hydrogen-bond donors (Lipinski definition) is 1. The molecule has 3 nitrogen and oxygen atoms in total. The Morgan fingerprint density at radius 3 is 2.41 bits per heavy atom. The van der Waals surface area contributed by atoms with Crippen molar-refractivity contribution in [2.75, 3.05) is 19.5 Å². The number of nitrogens with two attached hydrogens (primary N) is 1. The van der Waals surface area contributed by atoms with Crippen LogP contribution in [-0.4, -0.2) is 19.3 Å². The predicted octanol–water partition coefficient (Wildman–Crippen LogP) is 3.08. The molecular weight excluding hydrogens is 214 g/mol. The Labute approximate surface area is 104 Å². The summed E-state index contributed by atoms with van der Waals surface area (Å²) < 4.78 is 11.1. The van der Waals surface area contributed by atoms with Gasteiger partial charge in [-0.2, -0.15) is 0 Å². The van der Waals surface area contributed by atoms with E-state index in [2.05, 4.69) is 13.8 Å². The molecule has 0 saturated carbocycles. The second kappa shape index (κ2) is 5.41. The number of anilines is 1. The van der Waals surface area contributed by atoms with E-state index in [1.807, 2.05) is 26.0 Å². The molecule has 0 bridgehead atoms. The maximum atomic E-state index is 5.83. The Hall–Kier alpha value is -1.22. The second-order valence-electron chi connectivity index (χ2n) is 5.04. The Kier molecular flexibility index (Phi) is 4.40. The van der Waals surface area contributed by atoms with Crippen molar-refractivity contribution in [3.63, 3.8) is 0 Å². The Bertz CT molecular complexity index is 386. The van der Waals surface area contributed by atoms with Crippen LogP contribution in [0, 0.1) is 13.8 Å². The number of rotatable bonds is 5. The molecule has 0 radical (unpaired) electrons. The summed E-state index contributed by atoms with van der Waals surface area (Å²) in [4.78, 5) is 0. The predicted molar refractivity (Wildman–Crippen MR) is 71.5 cm³/mol. The second-order valence-corrected chi connectivity index (χ2v) is 5.04. The Morgan fingerprint density at radius 2 is 1.82 bits per heavy atom. The van der Waals surface area contributed by atoms with Crippen LogP contribution in [0.3, 0.4) is 0 Å². The SMILES string of the molecule is COC(C)(C)CCOc1cc(C)c(N)cc1C. The highest BCUT2D eigenvalue weighted by Crippen LogP contribution is 2.25. The van der Waals surface area contributed by atoms with E-state index in [1.54, 1.807) is 7.11 Å². The van der Waals surface area contributed by atoms with Gasteiger partial charge in [0.05, 0.1) is 12.2 Å². The third-order valence-electron chi connectivity index (χ3n) is 3.08. The van der Waals surface area contributed by atoms with Gasteiger partial charge in [0.15, 0.2) is 0 Å². The maximum Gasteiger partial charge on any atom is 0.122 e. The first-order valence-electron chi connectivity index (χ1n) is 5.90. The van der Waals surface area contributed by atoms with E-state index in [-0.39, 0.29) is 5.60 Å². The fourth-order valence-electron chi connectivity index (χ4n) is 1.48. The van der Waals surface area contributed by atoms with Crippen LogP contribution < -0.4 is 10.5 Å². The Balaban J connectivity index is 2.61. The van der Waals surface area contributed by atoms with Gasteiger partial charge in [0.1, 0.15) is 5.75 Å². The number of methoxy groups -OCH3 is 1. The lowest BCUT2D eigenvalue weighted by Gasteiger charge is -2.23. The van der Waals surface area contributed by atoms with Gasteiger partial charge in [0.2, 0.25) is 0 Å². The number of ether oxygens (including phenoxy) is 2. The van der Waals surface area contributed by atoms with Gasteiger partial charge < -0.3 is 15.2 Å². The van der Waals surface area contributed by atoms with Crippen molar-refractivity contribution in [3.05, 3.63) is 23.3 Å². The highest BCUT2D eigenvalue weighted by Gasteiger charge is 2.16. The normalized spacial score (nSPS) is 11.6. The molecule has 0 unspecified atom stereocenters. The molecule has 0 amide bonds. The van der Waals surface area contributed by atoms with E-state index in [9.17, 15) is 0 Å². The van der Waals surface area contributed by atoms with Gasteiger partial charge in [-0.15, -0.1) is 0 Å². The van der Waals surface area contributed by atoms with Crippen molar-refractivity contribution in [2.45, 2.75) is 39.7 Å². The summed E-state index contributed by atoms with van der Waals surface area (Å²) in [6, 6.07) is 3.94. The molecule has 0 aliphatic heterocycles. The molecule has 0 spiro atoms. The third-order valence-corrected chi connectivity index (χ3v) is 3.08. The van der Waals surface area contributed by atoms with E-state index in [0.717, 1.165) is 29.0 Å². The molecule has 3 heteroatoms. The van der Waals surface area contributed by atoms with Crippen molar-refractivity contribution >= 4 is 5.69 Å². The van der Waals surface area contributed by atoms with Crippen LogP contribution in [0.5, 0.6) is 5.75 Å². The topological polar surface area (TPSA) is 44.5 Å². The standard InChI is InChI=1S/C14H23NO2/c1-10-9-13(11(2)8-12(10)15)17-7-6-14(3,4)16-5/h8-9H,6-7,15H2,1-5H3. The summed E-state index contributed by atoms with van der Waals surface area (Å²) in [6.07, 6.45) is 0.854. The Morgan fingerprint density at radius 1 is 1.18 bits per heavy atom. The fourth-order valence-corrected chi connectivity index (χ4v) is 1.48. The summed E-state index contributed by atoms with van der Waals surface area (Å²) in [6.45, 7) is 8.74. The molecule has 0 aliphatic carbocycles. The number of aryl methyl sites for hydroxylation is 2. The molecule has 1 rings (SSSR count). The minimum absolute atomic E-state index is 0.142. The average Bonchev–Trinajstić information content (AvgIpc) is 2.25. The lowest BCUT2D eigenvalue weighted by Crippen LogP contribution is -2.25. The zero-order chi connectivity index (χ0) is 13.1. The molecule has 1 aromatic rings. The van der Waals surface area contributed by atoms with Crippen LogP contribution in [0.4, 0.5) is 5.69 Å². The quantitative estimate of drug-likeness (QED) is 0.800. The summed E-state index contributed by atoms with van der Waals surface area (Å²) >= 11 is 0. The molecule has 0 aliphatic rings. The minimum Gasteiger partial charge on any atom is -0.493 e. The van der Waals surface area contributed by atoms with Crippen LogP contribution in [0.15, 0.2) is 12.1 Å². The smallest absolute Gasteiger partial charge is 0.122 e. The molecule has 17 heavy (non-hydrogen) atoms. The zero-order valence-electron chi connectivity index (χ0n) is 11.5. The lowest BCUT2D eigenvalue weighted by atomic mass is 10.1. The molecule has 0 heterocycles. The van der Waals surface area contributed by atoms with Crippen molar-refractivity contribution in [1.82, 2.24) is 0 Å². The molecule has 1 aromatic carbocycles. The van der Waals surface area contributed by atoms with E-state index < -0.39 is 0 Å². The van der Waals surface area contributed by atoms with Gasteiger partial charge >= 0.3 is 0 Å². The third kappa shape index (κ3) is 3.93. The summed E-state index contributed by atoms with van der Waals surface area (Å²) in [5.41, 5.74) is 8.63. The summed E-state index contributed by atoms with van der Waals surface area (Å²) in [5, 5.41) is 0. The van der Waals surface area contributed by atoms with Crippen LogP contribution >= 0.6 is 0 Å². The highest BCUT2D eigenvalue weighted by atomic mass is 16.5. The summed E-state index contributed by atoms with van der Waals surface area (Å²) in [7, 11) is 1.72. The summed E-state index contributed by atoms with van der Waals surface area (Å²) in [5.74, 6) is 0.906.